The summed E-state index contributed by atoms with van der Waals surface area (Å²) in [7, 11) is -2.95. The molecule has 0 atom stereocenters. The fraction of sp³-hybridized carbons (Fsp3) is 0.524. The Morgan fingerprint density at radius 3 is 2.39 bits per heavy atom. The van der Waals surface area contributed by atoms with Crippen LogP contribution in [0, 0.1) is 0 Å². The molecule has 0 saturated carbocycles. The van der Waals surface area contributed by atoms with E-state index in [0.717, 1.165) is 11.1 Å². The third-order valence-corrected chi connectivity index (χ3v) is 5.04. The van der Waals surface area contributed by atoms with Gasteiger partial charge in [0.1, 0.15) is 5.56 Å². The number of carbonyl (C=O) groups excluding carboxylic acids is 1. The van der Waals surface area contributed by atoms with Crippen LogP contribution < -0.4 is 5.43 Å². The van der Waals surface area contributed by atoms with Gasteiger partial charge in [0.15, 0.2) is 0 Å². The van der Waals surface area contributed by atoms with Gasteiger partial charge in [-0.15, -0.1) is 0 Å². The lowest BCUT2D eigenvalue weighted by atomic mass is 10.1. The average Bonchev–Trinajstić information content (AvgIpc) is 2.72. The van der Waals surface area contributed by atoms with Crippen LogP contribution in [0.1, 0.15) is 29.8 Å². The van der Waals surface area contributed by atoms with Crippen LogP contribution in [-0.2, 0) is 31.4 Å². The van der Waals surface area contributed by atoms with Crippen molar-refractivity contribution < 1.29 is 32.3 Å². The number of fused-ring (bicyclic) bond motifs is 1. The van der Waals surface area contributed by atoms with Crippen molar-refractivity contribution in [1.82, 2.24) is 4.57 Å². The molecule has 0 amide bonds. The normalized spacial score (nSPS) is 12.3. The molecule has 174 valence electrons. The van der Waals surface area contributed by atoms with Gasteiger partial charge < -0.3 is 27.9 Å². The summed E-state index contributed by atoms with van der Waals surface area (Å²) >= 11 is 0. The first-order valence-corrected chi connectivity index (χ1v) is 12.0. The molecule has 1 aromatic heterocycles. The molecule has 2 N–H and O–H groups in total. The predicted molar refractivity (Wildman–Crippen MR) is 120 cm³/mol. The van der Waals surface area contributed by atoms with Crippen molar-refractivity contribution in [1.29, 1.82) is 0 Å². The van der Waals surface area contributed by atoms with Crippen molar-refractivity contribution in [3.63, 3.8) is 0 Å². The van der Waals surface area contributed by atoms with Gasteiger partial charge >= 0.3 is 5.97 Å². The molecule has 2 rings (SSSR count). The first-order chi connectivity index (χ1) is 14.8. The maximum atomic E-state index is 12.8. The number of aromatic nitrogens is 1. The largest absolute Gasteiger partial charge is 0.462 e. The third-order valence-electron chi connectivity index (χ3n) is 4.42. The number of carbonyl (C=O) groups is 1. The summed E-state index contributed by atoms with van der Waals surface area (Å²) in [6, 6.07) is 5.62. The molecule has 0 aliphatic heterocycles. The van der Waals surface area contributed by atoms with E-state index in [9.17, 15) is 9.59 Å². The van der Waals surface area contributed by atoms with Crippen LogP contribution >= 0.6 is 10.9 Å². The molecule has 9 nitrogen and oxygen atoms in total. The van der Waals surface area contributed by atoms with E-state index in [1.165, 1.54) is 6.26 Å². The second kappa shape index (κ2) is 12.2. The van der Waals surface area contributed by atoms with Gasteiger partial charge in [0, 0.05) is 24.4 Å². The van der Waals surface area contributed by atoms with Crippen molar-refractivity contribution in [2.24, 2.45) is 0 Å². The number of nitrogens with zero attached hydrogens (tertiary/aromatic N) is 1. The van der Waals surface area contributed by atoms with E-state index in [-0.39, 0.29) is 30.8 Å². The van der Waals surface area contributed by atoms with Crippen LogP contribution in [0.4, 0.5) is 0 Å². The Hall–Kier alpha value is -1.95. The van der Waals surface area contributed by atoms with Crippen molar-refractivity contribution >= 4 is 27.7 Å². The van der Waals surface area contributed by atoms with Gasteiger partial charge in [0.05, 0.1) is 56.0 Å². The topological polar surface area (TPSA) is 116 Å². The van der Waals surface area contributed by atoms with Gasteiger partial charge in [-0.3, -0.25) is 8.98 Å². The van der Waals surface area contributed by atoms with E-state index in [2.05, 4.69) is 0 Å². The molecular formula is C21H31NO8S. The summed E-state index contributed by atoms with van der Waals surface area (Å²) in [6.07, 6.45) is 3.36. The number of benzene rings is 1. The Balaban J connectivity index is 1.91. The number of hydrogen-bond donors (Lipinski definition) is 2. The zero-order valence-electron chi connectivity index (χ0n) is 18.2. The number of pyridine rings is 1. The Kier molecular flexibility index (Phi) is 9.94. The van der Waals surface area contributed by atoms with E-state index in [1.54, 1.807) is 19.2 Å². The summed E-state index contributed by atoms with van der Waals surface area (Å²) in [5.74, 6) is -0.611. The molecule has 0 saturated heterocycles. The number of esters is 1. The highest BCUT2D eigenvalue weighted by molar-refractivity contribution is 8.19. The zero-order valence-corrected chi connectivity index (χ0v) is 19.0. The quantitative estimate of drug-likeness (QED) is 0.348. The minimum atomic E-state index is -2.95. The monoisotopic (exact) mass is 457 g/mol. The highest BCUT2D eigenvalue weighted by Crippen LogP contribution is 2.33. The number of aryl methyl sites for hydroxylation is 1. The molecule has 0 radical (unpaired) electrons. The summed E-state index contributed by atoms with van der Waals surface area (Å²) in [4.78, 5) is 25.0. The molecule has 0 aliphatic rings. The Labute approximate surface area is 183 Å². The van der Waals surface area contributed by atoms with E-state index in [4.69, 9.17) is 27.5 Å². The second-order valence-corrected chi connectivity index (χ2v) is 8.55. The minimum Gasteiger partial charge on any atom is -0.462 e. The molecule has 31 heavy (non-hydrogen) atoms. The minimum absolute atomic E-state index is 0.0371. The first kappa shape index (κ1) is 25.3. The fourth-order valence-corrected chi connectivity index (χ4v) is 3.36. The standard InChI is InChI=1S/C21H31NO8S/c1-4-22-15-18(21(24)29-5-2)20(23)17-14-16(6-7-19(17)22)8-9-27-10-11-28-12-13-30-31(3,25)26/h6-7,14-15,25-26H,4-5,8-13H2,1-3H3. The molecule has 0 unspecified atom stereocenters. The van der Waals surface area contributed by atoms with Gasteiger partial charge in [0.2, 0.25) is 5.43 Å². The van der Waals surface area contributed by atoms with Crippen molar-refractivity contribution in [3.8, 4) is 0 Å². The van der Waals surface area contributed by atoms with Gasteiger partial charge in [0.25, 0.3) is 0 Å². The molecule has 0 spiro atoms. The molecular weight excluding hydrogens is 426 g/mol. The number of rotatable bonds is 13. The zero-order chi connectivity index (χ0) is 22.9. The lowest BCUT2D eigenvalue weighted by Gasteiger charge is -2.20. The lowest BCUT2D eigenvalue weighted by Crippen LogP contribution is -2.21. The van der Waals surface area contributed by atoms with Crippen LogP contribution in [0.3, 0.4) is 0 Å². The molecule has 0 bridgehead atoms. The average molecular weight is 458 g/mol. The summed E-state index contributed by atoms with van der Waals surface area (Å²) in [6.45, 7) is 5.99. The molecule has 0 fully saturated rings. The van der Waals surface area contributed by atoms with Crippen LogP contribution in [0.25, 0.3) is 10.9 Å². The first-order valence-electron chi connectivity index (χ1n) is 10.1. The highest BCUT2D eigenvalue weighted by atomic mass is 32.3. The van der Waals surface area contributed by atoms with Gasteiger partial charge in [-0.25, -0.2) is 4.79 Å². The third kappa shape index (κ3) is 7.91. The lowest BCUT2D eigenvalue weighted by molar-refractivity contribution is 0.0366. The van der Waals surface area contributed by atoms with Crippen LogP contribution in [-0.4, -0.2) is 65.5 Å². The summed E-state index contributed by atoms with van der Waals surface area (Å²) < 4.78 is 40.6. The molecule has 1 aromatic carbocycles. The SMILES string of the molecule is CCOC(=O)c1cn(CC)c2ccc(CCOCCOCCOS(C)(O)O)cc2c1=O. The predicted octanol–water partition coefficient (Wildman–Crippen LogP) is 3.09. The van der Waals surface area contributed by atoms with Crippen molar-refractivity contribution in [2.45, 2.75) is 26.8 Å². The second-order valence-electron chi connectivity index (χ2n) is 6.79. The van der Waals surface area contributed by atoms with Crippen LogP contribution in [0.15, 0.2) is 29.2 Å². The van der Waals surface area contributed by atoms with Gasteiger partial charge in [-0.05, 0) is 38.0 Å². The summed E-state index contributed by atoms with van der Waals surface area (Å²) in [5, 5.41) is 0.482. The van der Waals surface area contributed by atoms with Crippen LogP contribution in [0.5, 0.6) is 0 Å². The van der Waals surface area contributed by atoms with E-state index >= 15 is 0 Å². The van der Waals surface area contributed by atoms with E-state index in [0.29, 0.717) is 38.2 Å². The Bertz CT molecular complexity index is 922. The molecule has 10 heteroatoms. The fourth-order valence-electron chi connectivity index (χ4n) is 2.98. The number of ether oxygens (including phenoxy) is 3. The molecule has 1 heterocycles. The Morgan fingerprint density at radius 1 is 1.06 bits per heavy atom. The number of hydrogen-bond acceptors (Lipinski definition) is 8. The molecule has 2 aromatic rings. The smallest absolute Gasteiger partial charge is 0.343 e. The maximum Gasteiger partial charge on any atom is 0.343 e. The molecule has 0 aliphatic carbocycles. The van der Waals surface area contributed by atoms with Gasteiger partial charge in [-0.2, -0.15) is 0 Å². The van der Waals surface area contributed by atoms with Gasteiger partial charge in [-0.1, -0.05) is 6.07 Å². The Morgan fingerprint density at radius 2 is 1.74 bits per heavy atom. The summed E-state index contributed by atoms with van der Waals surface area (Å²) in [5.41, 5.74) is 1.40. The van der Waals surface area contributed by atoms with E-state index in [1.807, 2.05) is 23.6 Å². The van der Waals surface area contributed by atoms with Crippen molar-refractivity contribution in [2.75, 3.05) is 45.9 Å². The maximum absolute atomic E-state index is 12.8. The van der Waals surface area contributed by atoms with Crippen molar-refractivity contribution in [3.05, 3.63) is 45.7 Å². The van der Waals surface area contributed by atoms with Crippen LogP contribution in [0.2, 0.25) is 0 Å². The highest BCUT2D eigenvalue weighted by Gasteiger charge is 2.16. The van der Waals surface area contributed by atoms with E-state index < -0.39 is 16.8 Å².